The number of aromatic nitrogens is 3. The first kappa shape index (κ1) is 15.9. The number of carbonyl (C=O) groups excluding carboxylic acids is 1. The predicted molar refractivity (Wildman–Crippen MR) is 98.4 cm³/mol. The van der Waals surface area contributed by atoms with Crippen LogP contribution in [0.3, 0.4) is 0 Å². The summed E-state index contributed by atoms with van der Waals surface area (Å²) in [5.74, 6) is 0.245. The van der Waals surface area contributed by atoms with Gasteiger partial charge >= 0.3 is 0 Å². The molecule has 1 aromatic carbocycles. The highest BCUT2D eigenvalue weighted by Crippen LogP contribution is 2.27. The van der Waals surface area contributed by atoms with Crippen LogP contribution in [0, 0.1) is 0 Å². The van der Waals surface area contributed by atoms with Crippen molar-refractivity contribution in [3.05, 3.63) is 53.0 Å². The normalized spacial score (nSPS) is 15.1. The van der Waals surface area contributed by atoms with Gasteiger partial charge < -0.3 is 10.3 Å². The summed E-state index contributed by atoms with van der Waals surface area (Å²) in [7, 11) is 0. The number of rotatable bonds is 5. The van der Waals surface area contributed by atoms with Gasteiger partial charge in [-0.2, -0.15) is 5.10 Å². The maximum atomic E-state index is 12.4. The van der Waals surface area contributed by atoms with Crippen molar-refractivity contribution in [2.45, 2.75) is 51.5 Å². The molecule has 5 nitrogen and oxygen atoms in total. The molecule has 1 aliphatic rings. The van der Waals surface area contributed by atoms with E-state index in [0.717, 1.165) is 24.1 Å². The van der Waals surface area contributed by atoms with Gasteiger partial charge in [-0.1, -0.05) is 25.1 Å². The minimum atomic E-state index is 0.0744. The molecule has 2 heterocycles. The number of benzene rings is 1. The number of hydrogen-bond donors (Lipinski definition) is 3. The molecule has 1 unspecified atom stereocenters. The van der Waals surface area contributed by atoms with E-state index in [1.807, 2.05) is 18.3 Å². The van der Waals surface area contributed by atoms with E-state index in [1.165, 1.54) is 35.0 Å². The Balaban J connectivity index is 1.38. The van der Waals surface area contributed by atoms with Crippen LogP contribution in [0.2, 0.25) is 0 Å². The number of para-hydroxylation sites is 1. The van der Waals surface area contributed by atoms with Crippen molar-refractivity contribution in [3.63, 3.8) is 0 Å². The summed E-state index contributed by atoms with van der Waals surface area (Å²) in [5, 5.41) is 11.8. The predicted octanol–water partition coefficient (Wildman–Crippen LogP) is 3.58. The van der Waals surface area contributed by atoms with Crippen molar-refractivity contribution in [2.24, 2.45) is 0 Å². The molecule has 4 rings (SSSR count). The van der Waals surface area contributed by atoms with Gasteiger partial charge in [-0.3, -0.25) is 9.89 Å². The van der Waals surface area contributed by atoms with Gasteiger partial charge in [0.05, 0.1) is 12.2 Å². The summed E-state index contributed by atoms with van der Waals surface area (Å²) in [6, 6.07) is 8.22. The molecule has 1 amide bonds. The lowest BCUT2D eigenvalue weighted by atomic mass is 9.95. The van der Waals surface area contributed by atoms with Gasteiger partial charge in [0.25, 0.3) is 0 Å². The Hall–Kier alpha value is -2.56. The summed E-state index contributed by atoms with van der Waals surface area (Å²) in [6.07, 6.45) is 7.09. The molecule has 0 bridgehead atoms. The Kier molecular flexibility index (Phi) is 4.30. The van der Waals surface area contributed by atoms with E-state index in [2.05, 4.69) is 39.6 Å². The van der Waals surface area contributed by atoms with Crippen molar-refractivity contribution in [1.82, 2.24) is 20.5 Å². The smallest absolute Gasteiger partial charge is 0.220 e. The first-order chi connectivity index (χ1) is 12.2. The third kappa shape index (κ3) is 3.18. The monoisotopic (exact) mass is 336 g/mol. The van der Waals surface area contributed by atoms with Crippen LogP contribution in [-0.2, 0) is 24.2 Å². The highest BCUT2D eigenvalue weighted by atomic mass is 16.1. The number of nitrogens with zero attached hydrogens (tertiary/aromatic N) is 1. The first-order valence-electron chi connectivity index (χ1n) is 9.10. The number of nitrogens with one attached hydrogen (secondary N) is 3. The van der Waals surface area contributed by atoms with Gasteiger partial charge in [0.1, 0.15) is 0 Å². The molecule has 1 aliphatic carbocycles. The Labute approximate surface area is 147 Å². The van der Waals surface area contributed by atoms with Crippen molar-refractivity contribution < 1.29 is 4.79 Å². The minimum Gasteiger partial charge on any atom is -0.361 e. The number of aryl methyl sites for hydroxylation is 1. The van der Waals surface area contributed by atoms with Crippen molar-refractivity contribution >= 4 is 16.8 Å². The molecule has 0 spiro atoms. The fraction of sp³-hybridized carbons (Fsp3) is 0.400. The van der Waals surface area contributed by atoms with Crippen LogP contribution in [0.15, 0.2) is 30.5 Å². The molecule has 25 heavy (non-hydrogen) atoms. The van der Waals surface area contributed by atoms with E-state index in [4.69, 9.17) is 0 Å². The maximum absolute atomic E-state index is 12.4. The van der Waals surface area contributed by atoms with Crippen LogP contribution in [-0.4, -0.2) is 21.1 Å². The molecule has 0 saturated carbocycles. The fourth-order valence-corrected chi connectivity index (χ4v) is 3.84. The van der Waals surface area contributed by atoms with Crippen LogP contribution >= 0.6 is 0 Å². The lowest BCUT2D eigenvalue weighted by Crippen LogP contribution is -2.25. The standard InChI is InChI=1S/C20H24N4O/c1-13(16-11-21-17-8-4-2-6-14(16)17)10-20(25)22-12-19-15-7-3-5-9-18(15)23-24-19/h2,4,6,8,11,13,21H,3,5,7,9-10,12H2,1H3,(H,22,25)(H,23,24). The van der Waals surface area contributed by atoms with E-state index < -0.39 is 0 Å². The van der Waals surface area contributed by atoms with E-state index in [-0.39, 0.29) is 11.8 Å². The molecule has 1 atom stereocenters. The number of H-pyrrole nitrogens is 2. The zero-order chi connectivity index (χ0) is 17.2. The zero-order valence-electron chi connectivity index (χ0n) is 14.6. The quantitative estimate of drug-likeness (QED) is 0.666. The molecule has 0 saturated heterocycles. The highest BCUT2D eigenvalue weighted by Gasteiger charge is 2.18. The Morgan fingerprint density at radius 3 is 3.04 bits per heavy atom. The molecule has 5 heteroatoms. The number of amides is 1. The summed E-state index contributed by atoms with van der Waals surface area (Å²) in [5.41, 5.74) is 5.89. The Bertz CT molecular complexity index is 892. The average molecular weight is 336 g/mol. The van der Waals surface area contributed by atoms with Crippen molar-refractivity contribution in [1.29, 1.82) is 0 Å². The molecule has 3 N–H and O–H groups in total. The van der Waals surface area contributed by atoms with Gasteiger partial charge in [0.15, 0.2) is 0 Å². The topological polar surface area (TPSA) is 73.6 Å². The van der Waals surface area contributed by atoms with Gasteiger partial charge in [0.2, 0.25) is 5.91 Å². The molecule has 3 aromatic rings. The highest BCUT2D eigenvalue weighted by molar-refractivity contribution is 5.85. The number of fused-ring (bicyclic) bond motifs is 2. The molecular weight excluding hydrogens is 312 g/mol. The van der Waals surface area contributed by atoms with Crippen LogP contribution in [0.1, 0.15) is 54.6 Å². The summed E-state index contributed by atoms with van der Waals surface area (Å²) in [4.78, 5) is 15.7. The molecule has 2 aromatic heterocycles. The number of aromatic amines is 2. The second kappa shape index (κ2) is 6.75. The van der Waals surface area contributed by atoms with Crippen LogP contribution in [0.25, 0.3) is 10.9 Å². The van der Waals surface area contributed by atoms with Crippen LogP contribution in [0.4, 0.5) is 0 Å². The van der Waals surface area contributed by atoms with Gasteiger partial charge in [-0.05, 0) is 48.8 Å². The van der Waals surface area contributed by atoms with E-state index in [0.29, 0.717) is 13.0 Å². The largest absolute Gasteiger partial charge is 0.361 e. The molecule has 0 aliphatic heterocycles. The Morgan fingerprint density at radius 2 is 2.12 bits per heavy atom. The number of carbonyl (C=O) groups is 1. The minimum absolute atomic E-state index is 0.0744. The average Bonchev–Trinajstić information content (AvgIpc) is 3.24. The summed E-state index contributed by atoms with van der Waals surface area (Å²) >= 11 is 0. The maximum Gasteiger partial charge on any atom is 0.220 e. The van der Waals surface area contributed by atoms with Crippen LogP contribution < -0.4 is 5.32 Å². The molecule has 0 radical (unpaired) electrons. The summed E-state index contributed by atoms with van der Waals surface area (Å²) in [6.45, 7) is 2.62. The van der Waals surface area contributed by atoms with E-state index >= 15 is 0 Å². The third-order valence-corrected chi connectivity index (χ3v) is 5.24. The van der Waals surface area contributed by atoms with Gasteiger partial charge in [-0.25, -0.2) is 0 Å². The van der Waals surface area contributed by atoms with Gasteiger partial charge in [0, 0.05) is 29.2 Å². The van der Waals surface area contributed by atoms with E-state index in [1.54, 1.807) is 0 Å². The number of hydrogen-bond acceptors (Lipinski definition) is 2. The zero-order valence-corrected chi connectivity index (χ0v) is 14.6. The van der Waals surface area contributed by atoms with Crippen molar-refractivity contribution in [2.75, 3.05) is 0 Å². The molecule has 0 fully saturated rings. The van der Waals surface area contributed by atoms with Crippen molar-refractivity contribution in [3.8, 4) is 0 Å². The Morgan fingerprint density at radius 1 is 1.28 bits per heavy atom. The third-order valence-electron chi connectivity index (χ3n) is 5.24. The lowest BCUT2D eigenvalue weighted by molar-refractivity contribution is -0.121. The SMILES string of the molecule is CC(CC(=O)NCc1n[nH]c2c1CCCC2)c1c[nH]c2ccccc12. The lowest BCUT2D eigenvalue weighted by Gasteiger charge is -2.13. The first-order valence-corrected chi connectivity index (χ1v) is 9.10. The van der Waals surface area contributed by atoms with Gasteiger partial charge in [-0.15, -0.1) is 0 Å². The second-order valence-electron chi connectivity index (χ2n) is 7.01. The summed E-state index contributed by atoms with van der Waals surface area (Å²) < 4.78 is 0. The van der Waals surface area contributed by atoms with E-state index in [9.17, 15) is 4.79 Å². The second-order valence-corrected chi connectivity index (χ2v) is 7.01. The molecule has 130 valence electrons. The molecular formula is C20H24N4O. The fourth-order valence-electron chi connectivity index (χ4n) is 3.84. The van der Waals surface area contributed by atoms with Crippen LogP contribution in [0.5, 0.6) is 0 Å².